The van der Waals surface area contributed by atoms with E-state index in [4.69, 9.17) is 5.73 Å². The van der Waals surface area contributed by atoms with E-state index in [1.807, 2.05) is 67.6 Å². The summed E-state index contributed by atoms with van der Waals surface area (Å²) in [5.74, 6) is -0.210. The Hall–Kier alpha value is -2.45. The largest absolute Gasteiger partial charge is 0.326 e. The molecule has 0 bridgehead atoms. The zero-order valence-electron chi connectivity index (χ0n) is 12.5. The Bertz CT molecular complexity index is 774. The minimum atomic E-state index is -0.210. The topological polar surface area (TPSA) is 26.0 Å². The Morgan fingerprint density at radius 3 is 1.95 bits per heavy atom. The first-order valence-electron chi connectivity index (χ1n) is 7.33. The normalized spacial score (nSPS) is 10.7. The molecule has 0 saturated carbocycles. The fourth-order valence-electron chi connectivity index (χ4n) is 2.50. The Labute approximate surface area is 130 Å². The third-order valence-electron chi connectivity index (χ3n) is 3.85. The van der Waals surface area contributed by atoms with E-state index in [1.165, 1.54) is 5.56 Å². The van der Waals surface area contributed by atoms with Crippen LogP contribution in [0.15, 0.2) is 66.7 Å². The average molecular weight is 291 g/mol. The fourth-order valence-corrected chi connectivity index (χ4v) is 2.50. The molecular weight excluding hydrogens is 273 g/mol. The minimum Gasteiger partial charge on any atom is -0.326 e. The van der Waals surface area contributed by atoms with Gasteiger partial charge in [0, 0.05) is 12.1 Å². The van der Waals surface area contributed by atoms with Gasteiger partial charge in [0.05, 0.1) is 0 Å². The lowest BCUT2D eigenvalue weighted by Gasteiger charge is -2.08. The Balaban J connectivity index is 1.96. The van der Waals surface area contributed by atoms with E-state index >= 15 is 0 Å². The zero-order valence-corrected chi connectivity index (χ0v) is 12.5. The van der Waals surface area contributed by atoms with Gasteiger partial charge in [-0.25, -0.2) is 4.39 Å². The summed E-state index contributed by atoms with van der Waals surface area (Å²) >= 11 is 0. The van der Waals surface area contributed by atoms with Gasteiger partial charge in [-0.1, -0.05) is 66.2 Å². The van der Waals surface area contributed by atoms with Crippen LogP contribution in [0.25, 0.3) is 22.3 Å². The van der Waals surface area contributed by atoms with Crippen molar-refractivity contribution in [3.8, 4) is 22.3 Å². The SMILES string of the molecule is Cc1ccc(-c2ccc(-c3ccc(CN)cc3)c(F)c2)cc1. The molecule has 3 aromatic carbocycles. The predicted molar refractivity (Wildman–Crippen MR) is 89.9 cm³/mol. The van der Waals surface area contributed by atoms with Crippen LogP contribution < -0.4 is 5.73 Å². The van der Waals surface area contributed by atoms with Gasteiger partial charge in [0.2, 0.25) is 0 Å². The van der Waals surface area contributed by atoms with E-state index in [1.54, 1.807) is 6.07 Å². The second-order valence-corrected chi connectivity index (χ2v) is 5.46. The smallest absolute Gasteiger partial charge is 0.131 e. The molecule has 3 aromatic rings. The highest BCUT2D eigenvalue weighted by Gasteiger charge is 2.07. The first kappa shape index (κ1) is 14.5. The van der Waals surface area contributed by atoms with Crippen molar-refractivity contribution in [2.45, 2.75) is 13.5 Å². The molecule has 0 fully saturated rings. The summed E-state index contributed by atoms with van der Waals surface area (Å²) in [6.45, 7) is 2.54. The van der Waals surface area contributed by atoms with E-state index in [0.717, 1.165) is 22.3 Å². The minimum absolute atomic E-state index is 0.210. The number of rotatable bonds is 3. The molecule has 0 aliphatic rings. The molecule has 2 heteroatoms. The predicted octanol–water partition coefficient (Wildman–Crippen LogP) is 4.93. The molecule has 0 amide bonds. The van der Waals surface area contributed by atoms with Crippen LogP contribution in [-0.2, 0) is 6.54 Å². The van der Waals surface area contributed by atoms with Crippen LogP contribution in [-0.4, -0.2) is 0 Å². The van der Waals surface area contributed by atoms with Gasteiger partial charge in [0.25, 0.3) is 0 Å². The number of halogens is 1. The summed E-state index contributed by atoms with van der Waals surface area (Å²) in [5, 5.41) is 0. The maximum Gasteiger partial charge on any atom is 0.131 e. The van der Waals surface area contributed by atoms with Crippen molar-refractivity contribution in [3.63, 3.8) is 0 Å². The van der Waals surface area contributed by atoms with Crippen LogP contribution >= 0.6 is 0 Å². The van der Waals surface area contributed by atoms with Gasteiger partial charge in [-0.3, -0.25) is 0 Å². The van der Waals surface area contributed by atoms with E-state index in [0.29, 0.717) is 12.1 Å². The van der Waals surface area contributed by atoms with E-state index in [2.05, 4.69) is 0 Å². The molecule has 22 heavy (non-hydrogen) atoms. The highest BCUT2D eigenvalue weighted by molar-refractivity contribution is 5.71. The van der Waals surface area contributed by atoms with Crippen LogP contribution in [0.4, 0.5) is 4.39 Å². The van der Waals surface area contributed by atoms with E-state index in [-0.39, 0.29) is 5.82 Å². The monoisotopic (exact) mass is 291 g/mol. The molecule has 1 nitrogen and oxygen atoms in total. The van der Waals surface area contributed by atoms with Crippen LogP contribution in [0.3, 0.4) is 0 Å². The molecular formula is C20H18FN. The molecule has 2 N–H and O–H groups in total. The van der Waals surface area contributed by atoms with Gasteiger partial charge in [0.1, 0.15) is 5.82 Å². The van der Waals surface area contributed by atoms with Crippen LogP contribution in [0.1, 0.15) is 11.1 Å². The van der Waals surface area contributed by atoms with Gasteiger partial charge >= 0.3 is 0 Å². The molecule has 0 radical (unpaired) electrons. The van der Waals surface area contributed by atoms with Crippen molar-refractivity contribution in [3.05, 3.63) is 83.7 Å². The first-order valence-corrected chi connectivity index (χ1v) is 7.33. The molecule has 0 aromatic heterocycles. The van der Waals surface area contributed by atoms with Crippen molar-refractivity contribution in [1.29, 1.82) is 0 Å². The van der Waals surface area contributed by atoms with Crippen molar-refractivity contribution in [1.82, 2.24) is 0 Å². The molecule has 0 atom stereocenters. The highest BCUT2D eigenvalue weighted by atomic mass is 19.1. The second-order valence-electron chi connectivity index (χ2n) is 5.46. The maximum atomic E-state index is 14.5. The van der Waals surface area contributed by atoms with Gasteiger partial charge in [0.15, 0.2) is 0 Å². The maximum absolute atomic E-state index is 14.5. The number of benzene rings is 3. The van der Waals surface area contributed by atoms with Crippen LogP contribution in [0.2, 0.25) is 0 Å². The van der Waals surface area contributed by atoms with E-state index in [9.17, 15) is 4.39 Å². The molecule has 0 aliphatic heterocycles. The first-order chi connectivity index (χ1) is 10.7. The molecule has 0 spiro atoms. The average Bonchev–Trinajstić information content (AvgIpc) is 2.56. The Morgan fingerprint density at radius 2 is 1.36 bits per heavy atom. The van der Waals surface area contributed by atoms with Crippen molar-refractivity contribution < 1.29 is 4.39 Å². The molecule has 110 valence electrons. The number of hydrogen-bond acceptors (Lipinski definition) is 1. The summed E-state index contributed by atoms with van der Waals surface area (Å²) in [7, 11) is 0. The summed E-state index contributed by atoms with van der Waals surface area (Å²) in [4.78, 5) is 0. The van der Waals surface area contributed by atoms with Crippen molar-refractivity contribution in [2.75, 3.05) is 0 Å². The lowest BCUT2D eigenvalue weighted by molar-refractivity contribution is 0.632. The van der Waals surface area contributed by atoms with Crippen LogP contribution in [0.5, 0.6) is 0 Å². The quantitative estimate of drug-likeness (QED) is 0.727. The lowest BCUT2D eigenvalue weighted by atomic mass is 9.98. The third-order valence-corrected chi connectivity index (χ3v) is 3.85. The van der Waals surface area contributed by atoms with Gasteiger partial charge in [-0.05, 0) is 35.2 Å². The van der Waals surface area contributed by atoms with Gasteiger partial charge < -0.3 is 5.73 Å². The summed E-state index contributed by atoms with van der Waals surface area (Å²) in [6, 6.07) is 21.2. The second kappa shape index (κ2) is 6.12. The zero-order chi connectivity index (χ0) is 15.5. The Morgan fingerprint density at radius 1 is 0.773 bits per heavy atom. The molecule has 0 heterocycles. The molecule has 0 aliphatic carbocycles. The van der Waals surface area contributed by atoms with E-state index < -0.39 is 0 Å². The Kier molecular flexibility index (Phi) is 4.03. The summed E-state index contributed by atoms with van der Waals surface area (Å²) < 4.78 is 14.5. The summed E-state index contributed by atoms with van der Waals surface area (Å²) in [5.41, 5.74) is 11.2. The third kappa shape index (κ3) is 2.92. The number of nitrogens with two attached hydrogens (primary N) is 1. The van der Waals surface area contributed by atoms with Gasteiger partial charge in [-0.15, -0.1) is 0 Å². The fraction of sp³-hybridized carbons (Fsp3) is 0.100. The van der Waals surface area contributed by atoms with Crippen LogP contribution in [0, 0.1) is 12.7 Å². The van der Waals surface area contributed by atoms with Gasteiger partial charge in [-0.2, -0.15) is 0 Å². The standard InChI is InChI=1S/C20H18FN/c1-14-2-6-16(7-3-14)18-10-11-19(20(21)12-18)17-8-4-15(13-22)5-9-17/h2-12H,13,22H2,1H3. The number of aryl methyl sites for hydroxylation is 1. The molecule has 3 rings (SSSR count). The van der Waals surface area contributed by atoms with Crippen molar-refractivity contribution in [2.24, 2.45) is 5.73 Å². The summed E-state index contributed by atoms with van der Waals surface area (Å²) in [6.07, 6.45) is 0. The van der Waals surface area contributed by atoms with Crippen molar-refractivity contribution >= 4 is 0 Å². The lowest BCUT2D eigenvalue weighted by Crippen LogP contribution is -1.95. The highest BCUT2D eigenvalue weighted by Crippen LogP contribution is 2.28. The molecule has 0 saturated heterocycles. The molecule has 0 unspecified atom stereocenters. The number of hydrogen-bond donors (Lipinski definition) is 1.